The molecule has 0 heterocycles. The highest BCUT2D eigenvalue weighted by molar-refractivity contribution is 5.97. The molecular formula is C18H28N2O4. The van der Waals surface area contributed by atoms with Crippen molar-refractivity contribution in [2.45, 2.75) is 38.5 Å². The van der Waals surface area contributed by atoms with E-state index >= 15 is 0 Å². The molecule has 1 rings (SSSR count). The molecule has 0 aliphatic heterocycles. The number of aliphatic imine (C=N–C) groups is 1. The molecule has 0 saturated carbocycles. The Morgan fingerprint density at radius 3 is 2.62 bits per heavy atom. The average molecular weight is 336 g/mol. The average Bonchev–Trinajstić information content (AvgIpc) is 2.60. The maximum atomic E-state index is 12.1. The summed E-state index contributed by atoms with van der Waals surface area (Å²) < 4.78 is 15.2. The summed E-state index contributed by atoms with van der Waals surface area (Å²) >= 11 is 0. The van der Waals surface area contributed by atoms with Crippen LogP contribution in [0, 0.1) is 17.2 Å². The Balaban J connectivity index is 2.54. The Kier molecular flexibility index (Phi) is 10.7. The molecule has 0 bridgehead atoms. The molecule has 0 amide bonds. The van der Waals surface area contributed by atoms with Crippen LogP contribution in [0.5, 0.6) is 0 Å². The van der Waals surface area contributed by atoms with Crippen molar-refractivity contribution in [3.05, 3.63) is 11.6 Å². The molecule has 0 spiro atoms. The molecule has 0 radical (unpaired) electrons. The van der Waals surface area contributed by atoms with Crippen molar-refractivity contribution >= 4 is 11.7 Å². The number of carbonyl (C=O) groups excluding carboxylic acids is 1. The van der Waals surface area contributed by atoms with Crippen molar-refractivity contribution in [3.63, 3.8) is 0 Å². The van der Waals surface area contributed by atoms with Crippen molar-refractivity contribution in [2.75, 3.05) is 40.6 Å². The lowest BCUT2D eigenvalue weighted by atomic mass is 9.89. The van der Waals surface area contributed by atoms with Crippen LogP contribution < -0.4 is 0 Å². The lowest BCUT2D eigenvalue weighted by Crippen LogP contribution is -2.21. The topological polar surface area (TPSA) is 80.9 Å². The third kappa shape index (κ3) is 7.71. The number of esters is 1. The predicted molar refractivity (Wildman–Crippen MR) is 91.9 cm³/mol. The van der Waals surface area contributed by atoms with E-state index in [-0.39, 0.29) is 0 Å². The van der Waals surface area contributed by atoms with Crippen LogP contribution in [0.4, 0.5) is 0 Å². The van der Waals surface area contributed by atoms with Gasteiger partial charge in [-0.2, -0.15) is 5.26 Å². The molecule has 0 aromatic rings. The molecule has 1 aliphatic carbocycles. The van der Waals surface area contributed by atoms with E-state index in [1.54, 1.807) is 14.2 Å². The first kappa shape index (κ1) is 20.3. The van der Waals surface area contributed by atoms with Gasteiger partial charge in [-0.25, -0.2) is 0 Å². The van der Waals surface area contributed by atoms with Gasteiger partial charge in [-0.1, -0.05) is 0 Å². The Bertz CT molecular complexity index is 480. The Labute approximate surface area is 144 Å². The minimum absolute atomic E-state index is 0.325. The highest BCUT2D eigenvalue weighted by Crippen LogP contribution is 2.24. The summed E-state index contributed by atoms with van der Waals surface area (Å²) in [5, 5.41) is 9.35. The SMILES string of the molecule is COCCCCOC(=O)C(C#N)C1=CC(=NCCCOC)CCC1. The molecule has 6 nitrogen and oxygen atoms in total. The third-order valence-corrected chi connectivity index (χ3v) is 3.79. The first-order valence-electron chi connectivity index (χ1n) is 8.50. The predicted octanol–water partition coefficient (Wildman–Crippen LogP) is 2.68. The summed E-state index contributed by atoms with van der Waals surface area (Å²) in [6.07, 6.45) is 6.89. The van der Waals surface area contributed by atoms with Gasteiger partial charge in [0.25, 0.3) is 0 Å². The largest absolute Gasteiger partial charge is 0.464 e. The zero-order chi connectivity index (χ0) is 17.6. The number of allylic oxidation sites excluding steroid dienone is 1. The summed E-state index contributed by atoms with van der Waals surface area (Å²) in [6, 6.07) is 2.08. The van der Waals surface area contributed by atoms with Crippen molar-refractivity contribution in [2.24, 2.45) is 10.9 Å². The van der Waals surface area contributed by atoms with Gasteiger partial charge in [0, 0.05) is 39.7 Å². The summed E-state index contributed by atoms with van der Waals surface area (Å²) in [4.78, 5) is 16.7. The van der Waals surface area contributed by atoms with E-state index < -0.39 is 11.9 Å². The van der Waals surface area contributed by atoms with Gasteiger partial charge in [-0.15, -0.1) is 0 Å². The van der Waals surface area contributed by atoms with E-state index in [4.69, 9.17) is 14.2 Å². The standard InChI is InChI=1S/C18H28N2O4/c1-22-10-3-4-12-24-18(21)17(14-19)15-7-5-8-16(13-15)20-9-6-11-23-2/h13,17H,3-12H2,1-2H3. The van der Waals surface area contributed by atoms with Crippen LogP contribution in [0.1, 0.15) is 38.5 Å². The van der Waals surface area contributed by atoms with Gasteiger partial charge in [-0.05, 0) is 50.2 Å². The van der Waals surface area contributed by atoms with Crippen molar-refractivity contribution in [1.29, 1.82) is 5.26 Å². The molecule has 134 valence electrons. The second kappa shape index (κ2) is 12.7. The number of nitriles is 1. The van der Waals surface area contributed by atoms with Gasteiger partial charge in [0.2, 0.25) is 0 Å². The second-order valence-corrected chi connectivity index (χ2v) is 5.72. The van der Waals surface area contributed by atoms with Gasteiger partial charge in [0.15, 0.2) is 5.92 Å². The quantitative estimate of drug-likeness (QED) is 0.428. The minimum atomic E-state index is -0.822. The monoisotopic (exact) mass is 336 g/mol. The van der Waals surface area contributed by atoms with E-state index in [2.05, 4.69) is 11.1 Å². The number of hydrogen-bond acceptors (Lipinski definition) is 6. The van der Waals surface area contributed by atoms with E-state index in [0.29, 0.717) is 26.4 Å². The Hall–Kier alpha value is -1.71. The molecule has 24 heavy (non-hydrogen) atoms. The summed E-state index contributed by atoms with van der Waals surface area (Å²) in [7, 11) is 3.31. The van der Waals surface area contributed by atoms with Crippen LogP contribution in [0.25, 0.3) is 0 Å². The molecular weight excluding hydrogens is 308 g/mol. The first-order valence-corrected chi connectivity index (χ1v) is 8.50. The first-order chi connectivity index (χ1) is 11.7. The van der Waals surface area contributed by atoms with Crippen LogP contribution in [0.15, 0.2) is 16.6 Å². The number of unbranched alkanes of at least 4 members (excludes halogenated alkanes) is 1. The number of carbonyl (C=O) groups is 1. The molecule has 0 saturated heterocycles. The van der Waals surface area contributed by atoms with E-state index in [0.717, 1.165) is 49.8 Å². The number of methoxy groups -OCH3 is 2. The van der Waals surface area contributed by atoms with E-state index in [1.807, 2.05) is 6.08 Å². The van der Waals surface area contributed by atoms with E-state index in [9.17, 15) is 10.1 Å². The van der Waals surface area contributed by atoms with Gasteiger partial charge < -0.3 is 14.2 Å². The molecule has 0 N–H and O–H groups in total. The molecule has 0 fully saturated rings. The van der Waals surface area contributed by atoms with E-state index in [1.165, 1.54) is 0 Å². The van der Waals surface area contributed by atoms with Gasteiger partial charge in [0.1, 0.15) is 0 Å². The second-order valence-electron chi connectivity index (χ2n) is 5.72. The Morgan fingerprint density at radius 2 is 1.92 bits per heavy atom. The molecule has 0 aromatic heterocycles. The number of hydrogen-bond donors (Lipinski definition) is 0. The Morgan fingerprint density at radius 1 is 1.21 bits per heavy atom. The molecule has 1 unspecified atom stereocenters. The molecule has 0 aromatic carbocycles. The normalized spacial score (nSPS) is 17.2. The van der Waals surface area contributed by atoms with Crippen LogP contribution in [0.3, 0.4) is 0 Å². The maximum Gasteiger partial charge on any atom is 0.327 e. The zero-order valence-electron chi connectivity index (χ0n) is 14.8. The highest BCUT2D eigenvalue weighted by Gasteiger charge is 2.26. The maximum absolute atomic E-state index is 12.1. The minimum Gasteiger partial charge on any atom is -0.464 e. The lowest BCUT2D eigenvalue weighted by molar-refractivity contribution is -0.145. The van der Waals surface area contributed by atoms with Crippen molar-refractivity contribution in [1.82, 2.24) is 0 Å². The highest BCUT2D eigenvalue weighted by atomic mass is 16.5. The zero-order valence-corrected chi connectivity index (χ0v) is 14.8. The fourth-order valence-electron chi connectivity index (χ4n) is 2.51. The van der Waals surface area contributed by atoms with Gasteiger partial charge in [0.05, 0.1) is 12.7 Å². The van der Waals surface area contributed by atoms with Crippen LogP contribution in [-0.2, 0) is 19.0 Å². The van der Waals surface area contributed by atoms with Crippen LogP contribution in [-0.4, -0.2) is 52.3 Å². The summed E-state index contributed by atoms with van der Waals surface area (Å²) in [5.41, 5.74) is 1.77. The van der Waals surface area contributed by atoms with Crippen molar-refractivity contribution < 1.29 is 19.0 Å². The number of nitrogens with zero attached hydrogens (tertiary/aromatic N) is 2. The third-order valence-electron chi connectivity index (χ3n) is 3.79. The fraction of sp³-hybridized carbons (Fsp3) is 0.722. The number of rotatable bonds is 11. The smallest absolute Gasteiger partial charge is 0.327 e. The lowest BCUT2D eigenvalue weighted by Gasteiger charge is -2.18. The summed E-state index contributed by atoms with van der Waals surface area (Å²) in [6.45, 7) is 2.36. The molecule has 1 aliphatic rings. The molecule has 6 heteroatoms. The molecule has 1 atom stereocenters. The van der Waals surface area contributed by atoms with Gasteiger partial charge >= 0.3 is 5.97 Å². The summed E-state index contributed by atoms with van der Waals surface area (Å²) in [5.74, 6) is -1.28. The van der Waals surface area contributed by atoms with Gasteiger partial charge in [-0.3, -0.25) is 9.79 Å². The van der Waals surface area contributed by atoms with Crippen LogP contribution >= 0.6 is 0 Å². The van der Waals surface area contributed by atoms with Crippen molar-refractivity contribution in [3.8, 4) is 6.07 Å². The fourth-order valence-corrected chi connectivity index (χ4v) is 2.51. The van der Waals surface area contributed by atoms with Crippen LogP contribution in [0.2, 0.25) is 0 Å². The number of ether oxygens (including phenoxy) is 3.